The van der Waals surface area contributed by atoms with E-state index in [1.165, 1.54) is 12.8 Å². The molecule has 1 atom stereocenters. The lowest BCUT2D eigenvalue weighted by molar-refractivity contribution is -0.0163. The Kier molecular flexibility index (Phi) is 6.34. The largest absolute Gasteiger partial charge is 0.506 e. The summed E-state index contributed by atoms with van der Waals surface area (Å²) in [5.41, 5.74) is -0.487. The van der Waals surface area contributed by atoms with Crippen molar-refractivity contribution in [3.05, 3.63) is 0 Å². The fourth-order valence-electron chi connectivity index (χ4n) is 1.44. The molecule has 0 unspecified atom stereocenters. The van der Waals surface area contributed by atoms with E-state index in [9.17, 15) is 4.79 Å². The van der Waals surface area contributed by atoms with Gasteiger partial charge in [0.25, 0.3) is 0 Å². The van der Waals surface area contributed by atoms with Gasteiger partial charge in [-0.15, -0.1) is 0 Å². The van der Waals surface area contributed by atoms with Gasteiger partial charge in [0, 0.05) is 0 Å². The maximum atomic E-state index is 10.4. The molecule has 84 valence electrons. The Hall–Kier alpha value is -0.730. The van der Waals surface area contributed by atoms with Crippen molar-refractivity contribution in [1.29, 1.82) is 0 Å². The Bertz CT molecular complexity index is 168. The van der Waals surface area contributed by atoms with Gasteiger partial charge < -0.3 is 9.84 Å². The van der Waals surface area contributed by atoms with Gasteiger partial charge in [-0.05, 0) is 26.2 Å². The first-order valence-corrected chi connectivity index (χ1v) is 5.46. The highest BCUT2D eigenvalue weighted by Crippen LogP contribution is 2.23. The van der Waals surface area contributed by atoms with E-state index >= 15 is 0 Å². The van der Waals surface area contributed by atoms with E-state index in [0.717, 1.165) is 25.7 Å². The molecule has 0 bridgehead atoms. The van der Waals surface area contributed by atoms with E-state index < -0.39 is 11.8 Å². The Morgan fingerprint density at radius 1 is 1.29 bits per heavy atom. The summed E-state index contributed by atoms with van der Waals surface area (Å²) < 4.78 is 4.88. The van der Waals surface area contributed by atoms with Crippen LogP contribution in [0, 0.1) is 0 Å². The zero-order chi connectivity index (χ0) is 11.0. The molecular formula is C11H22O3. The van der Waals surface area contributed by atoms with Crippen LogP contribution in [-0.2, 0) is 4.74 Å². The smallest absolute Gasteiger partial charge is 0.450 e. The Balaban J connectivity index is 3.80. The van der Waals surface area contributed by atoms with Crippen molar-refractivity contribution in [2.45, 2.75) is 64.9 Å². The van der Waals surface area contributed by atoms with Crippen LogP contribution in [0.15, 0.2) is 0 Å². The first kappa shape index (κ1) is 13.3. The second-order valence-corrected chi connectivity index (χ2v) is 3.98. The molecule has 0 aliphatic heterocycles. The molecule has 3 nitrogen and oxygen atoms in total. The third-order valence-electron chi connectivity index (χ3n) is 2.64. The fourth-order valence-corrected chi connectivity index (χ4v) is 1.44. The van der Waals surface area contributed by atoms with Crippen LogP contribution in [0.1, 0.15) is 59.3 Å². The molecule has 0 fully saturated rings. The van der Waals surface area contributed by atoms with Crippen LogP contribution < -0.4 is 0 Å². The maximum Gasteiger partial charge on any atom is 0.506 e. The molecule has 0 saturated carbocycles. The highest BCUT2D eigenvalue weighted by molar-refractivity contribution is 5.57. The summed E-state index contributed by atoms with van der Waals surface area (Å²) in [6.45, 7) is 5.99. The van der Waals surface area contributed by atoms with Gasteiger partial charge >= 0.3 is 6.16 Å². The zero-order valence-corrected chi connectivity index (χ0v) is 9.51. The lowest BCUT2D eigenvalue weighted by Gasteiger charge is -2.26. The van der Waals surface area contributed by atoms with Crippen LogP contribution in [0.3, 0.4) is 0 Å². The molecule has 3 heteroatoms. The van der Waals surface area contributed by atoms with Crippen LogP contribution in [0.4, 0.5) is 4.79 Å². The fraction of sp³-hybridized carbons (Fsp3) is 0.909. The molecule has 0 amide bonds. The quantitative estimate of drug-likeness (QED) is 0.504. The first-order valence-electron chi connectivity index (χ1n) is 5.46. The number of unbranched alkanes of at least 4 members (excludes halogenated alkanes) is 3. The maximum absolute atomic E-state index is 10.4. The summed E-state index contributed by atoms with van der Waals surface area (Å²) >= 11 is 0. The summed E-state index contributed by atoms with van der Waals surface area (Å²) in [7, 11) is 0. The molecule has 0 aliphatic carbocycles. The van der Waals surface area contributed by atoms with Gasteiger partial charge in [-0.1, -0.05) is 33.1 Å². The van der Waals surface area contributed by atoms with E-state index in [4.69, 9.17) is 9.84 Å². The van der Waals surface area contributed by atoms with E-state index in [1.54, 1.807) is 0 Å². The van der Waals surface area contributed by atoms with Gasteiger partial charge in [0.1, 0.15) is 5.60 Å². The number of hydrogen-bond acceptors (Lipinski definition) is 2. The van der Waals surface area contributed by atoms with Crippen molar-refractivity contribution < 1.29 is 14.6 Å². The molecule has 0 radical (unpaired) electrons. The first-order chi connectivity index (χ1) is 6.54. The number of rotatable bonds is 7. The van der Waals surface area contributed by atoms with E-state index in [0.29, 0.717) is 0 Å². The van der Waals surface area contributed by atoms with Gasteiger partial charge in [-0.25, -0.2) is 4.79 Å². The van der Waals surface area contributed by atoms with Crippen LogP contribution >= 0.6 is 0 Å². The molecule has 14 heavy (non-hydrogen) atoms. The Labute approximate surface area is 86.5 Å². The van der Waals surface area contributed by atoms with Gasteiger partial charge in [-0.3, -0.25) is 0 Å². The molecule has 0 heterocycles. The van der Waals surface area contributed by atoms with Gasteiger partial charge in [-0.2, -0.15) is 0 Å². The lowest BCUT2D eigenvalue weighted by atomic mass is 9.95. The molecule has 0 aromatic carbocycles. The van der Waals surface area contributed by atoms with Crippen molar-refractivity contribution in [1.82, 2.24) is 0 Å². The molecule has 0 saturated heterocycles. The topological polar surface area (TPSA) is 46.5 Å². The monoisotopic (exact) mass is 202 g/mol. The average molecular weight is 202 g/mol. The summed E-state index contributed by atoms with van der Waals surface area (Å²) in [4.78, 5) is 10.4. The molecular weight excluding hydrogens is 180 g/mol. The second-order valence-electron chi connectivity index (χ2n) is 3.98. The third-order valence-corrected chi connectivity index (χ3v) is 2.64. The standard InChI is InChI=1S/C11H22O3/c1-4-6-7-8-9-11(3,5-2)14-10(12)13/h4-9H2,1-3H3,(H,12,13)/t11-/m1/s1. The average Bonchev–Trinajstić information content (AvgIpc) is 2.11. The van der Waals surface area contributed by atoms with E-state index in [1.807, 2.05) is 13.8 Å². The lowest BCUT2D eigenvalue weighted by Crippen LogP contribution is -2.30. The van der Waals surface area contributed by atoms with E-state index in [-0.39, 0.29) is 0 Å². The summed E-state index contributed by atoms with van der Waals surface area (Å²) in [5.74, 6) is 0. The third kappa shape index (κ3) is 5.84. The zero-order valence-electron chi connectivity index (χ0n) is 9.51. The van der Waals surface area contributed by atoms with Crippen molar-refractivity contribution in [3.8, 4) is 0 Å². The van der Waals surface area contributed by atoms with Gasteiger partial charge in [0.15, 0.2) is 0 Å². The van der Waals surface area contributed by atoms with Crippen molar-refractivity contribution >= 4 is 6.16 Å². The van der Waals surface area contributed by atoms with Crippen molar-refractivity contribution in [2.24, 2.45) is 0 Å². The van der Waals surface area contributed by atoms with Gasteiger partial charge in [0.2, 0.25) is 0 Å². The van der Waals surface area contributed by atoms with Gasteiger partial charge in [0.05, 0.1) is 0 Å². The van der Waals surface area contributed by atoms with Crippen LogP contribution in [-0.4, -0.2) is 16.9 Å². The minimum atomic E-state index is -1.16. The predicted molar refractivity (Wildman–Crippen MR) is 56.6 cm³/mol. The predicted octanol–water partition coefficient (Wildman–Crippen LogP) is 3.82. The van der Waals surface area contributed by atoms with E-state index in [2.05, 4.69) is 6.92 Å². The summed E-state index contributed by atoms with van der Waals surface area (Å²) in [6.07, 6.45) is 5.03. The normalized spacial score (nSPS) is 14.8. The number of hydrogen-bond donors (Lipinski definition) is 1. The minimum absolute atomic E-state index is 0.487. The molecule has 0 rings (SSSR count). The highest BCUT2D eigenvalue weighted by Gasteiger charge is 2.25. The Morgan fingerprint density at radius 2 is 1.93 bits per heavy atom. The molecule has 0 spiro atoms. The summed E-state index contributed by atoms with van der Waals surface area (Å²) in [5, 5.41) is 8.56. The molecule has 0 aromatic rings. The van der Waals surface area contributed by atoms with Crippen LogP contribution in [0.2, 0.25) is 0 Å². The second kappa shape index (κ2) is 6.68. The van der Waals surface area contributed by atoms with Crippen molar-refractivity contribution in [3.63, 3.8) is 0 Å². The highest BCUT2D eigenvalue weighted by atomic mass is 16.7. The minimum Gasteiger partial charge on any atom is -0.450 e. The molecule has 0 aliphatic rings. The van der Waals surface area contributed by atoms with Crippen molar-refractivity contribution in [2.75, 3.05) is 0 Å². The van der Waals surface area contributed by atoms with Crippen LogP contribution in [0.5, 0.6) is 0 Å². The number of carbonyl (C=O) groups is 1. The van der Waals surface area contributed by atoms with Crippen LogP contribution in [0.25, 0.3) is 0 Å². The number of ether oxygens (including phenoxy) is 1. The summed E-state index contributed by atoms with van der Waals surface area (Å²) in [6, 6.07) is 0. The number of carboxylic acid groups (broad SMARTS) is 1. The molecule has 1 N–H and O–H groups in total. The molecule has 0 aromatic heterocycles. The Morgan fingerprint density at radius 3 is 2.36 bits per heavy atom. The SMILES string of the molecule is CCCCCC[C@@](C)(CC)OC(=O)O.